The Morgan fingerprint density at radius 3 is 2.71 bits per heavy atom. The Bertz CT molecular complexity index is 1340. The third-order valence-corrected chi connectivity index (χ3v) is 6.68. The van der Waals surface area contributed by atoms with Crippen molar-refractivity contribution in [2.75, 3.05) is 0 Å². The first-order valence-corrected chi connectivity index (χ1v) is 10.6. The molecule has 3 aromatic heterocycles. The second kappa shape index (κ2) is 6.64. The van der Waals surface area contributed by atoms with E-state index < -0.39 is 11.4 Å². The molecule has 1 saturated carbocycles. The Morgan fingerprint density at radius 1 is 1.32 bits per heavy atom. The fourth-order valence-corrected chi connectivity index (χ4v) is 5.03. The topological polar surface area (TPSA) is 83.8 Å². The highest BCUT2D eigenvalue weighted by Gasteiger charge is 2.49. The van der Waals surface area contributed by atoms with Crippen LogP contribution in [0.15, 0.2) is 30.5 Å². The zero-order chi connectivity index (χ0) is 22.1. The molecule has 1 fully saturated rings. The average Bonchev–Trinajstić information content (AvgIpc) is 3.27. The Morgan fingerprint density at radius 2 is 2.06 bits per heavy atom. The van der Waals surface area contributed by atoms with Gasteiger partial charge in [-0.25, -0.2) is 9.37 Å². The molecule has 0 atom stereocenters. The number of pyridine rings is 1. The number of nitrogens with one attached hydrogen (secondary N) is 1. The highest BCUT2D eigenvalue weighted by atomic mass is 19.1. The number of aromatic amines is 1. The molecule has 0 saturated heterocycles. The van der Waals surface area contributed by atoms with Crippen molar-refractivity contribution in [1.29, 1.82) is 0 Å². The van der Waals surface area contributed by atoms with Gasteiger partial charge in [0.05, 0.1) is 22.6 Å². The van der Waals surface area contributed by atoms with Crippen molar-refractivity contribution >= 4 is 28.0 Å². The van der Waals surface area contributed by atoms with Crippen molar-refractivity contribution in [3.63, 3.8) is 0 Å². The summed E-state index contributed by atoms with van der Waals surface area (Å²) in [6.45, 7) is 7.83. The molecule has 31 heavy (non-hydrogen) atoms. The summed E-state index contributed by atoms with van der Waals surface area (Å²) in [5.41, 5.74) is 5.45. The normalized spacial score (nSPS) is 21.2. The van der Waals surface area contributed by atoms with E-state index in [9.17, 15) is 14.3 Å². The third kappa shape index (κ3) is 2.86. The maximum Gasteiger partial charge on any atom is 0.309 e. The van der Waals surface area contributed by atoms with Gasteiger partial charge < -0.3 is 9.67 Å². The number of carbonyl (C=O) groups is 1. The van der Waals surface area contributed by atoms with Crippen LogP contribution in [0.25, 0.3) is 27.8 Å². The zero-order valence-corrected chi connectivity index (χ0v) is 18.0. The molecule has 0 amide bonds. The zero-order valence-electron chi connectivity index (χ0n) is 18.0. The predicted octanol–water partition coefficient (Wildman–Crippen LogP) is 5.44. The van der Waals surface area contributed by atoms with Crippen molar-refractivity contribution in [2.24, 2.45) is 5.41 Å². The largest absolute Gasteiger partial charge is 0.481 e. The first-order chi connectivity index (χ1) is 14.7. The lowest BCUT2D eigenvalue weighted by molar-refractivity contribution is -0.154. The molecule has 1 aliphatic carbocycles. The minimum absolute atomic E-state index is 0.108. The molecule has 1 aliphatic rings. The number of H-pyrrole nitrogens is 1. The SMILES string of the molecule is Cc1cc(-n2c(C(C)C)c([C@H]3C[C@](C)(C(=O)O)C3)c3nc4[nH]ncc4cc32)ccc1F. The minimum atomic E-state index is -0.753. The molecule has 4 aromatic rings. The summed E-state index contributed by atoms with van der Waals surface area (Å²) in [6, 6.07) is 7.20. The summed E-state index contributed by atoms with van der Waals surface area (Å²) in [5, 5.41) is 17.6. The molecule has 3 heterocycles. The van der Waals surface area contributed by atoms with Crippen molar-refractivity contribution in [3.8, 4) is 5.69 Å². The number of benzene rings is 1. The van der Waals surface area contributed by atoms with Crippen molar-refractivity contribution in [1.82, 2.24) is 19.7 Å². The molecule has 0 radical (unpaired) electrons. The lowest BCUT2D eigenvalue weighted by Gasteiger charge is -2.42. The summed E-state index contributed by atoms with van der Waals surface area (Å²) < 4.78 is 16.2. The molecule has 0 spiro atoms. The Balaban J connectivity index is 1.82. The average molecular weight is 420 g/mol. The fraction of sp³-hybridized carbons (Fsp3) is 0.375. The first kappa shape index (κ1) is 19.7. The van der Waals surface area contributed by atoms with Crippen LogP contribution < -0.4 is 0 Å². The van der Waals surface area contributed by atoms with Gasteiger partial charge in [-0.05, 0) is 68.4 Å². The first-order valence-electron chi connectivity index (χ1n) is 10.6. The molecule has 2 N–H and O–H groups in total. The van der Waals surface area contributed by atoms with Crippen molar-refractivity contribution in [3.05, 3.63) is 53.1 Å². The van der Waals surface area contributed by atoms with Gasteiger partial charge in [0.25, 0.3) is 0 Å². The Hall–Kier alpha value is -3.22. The molecule has 0 aliphatic heterocycles. The lowest BCUT2D eigenvalue weighted by Crippen LogP contribution is -2.40. The lowest BCUT2D eigenvalue weighted by atomic mass is 9.60. The molecule has 5 rings (SSSR count). The quantitative estimate of drug-likeness (QED) is 0.460. The van der Waals surface area contributed by atoms with E-state index in [0.717, 1.165) is 33.4 Å². The summed E-state index contributed by atoms with van der Waals surface area (Å²) in [5.74, 6) is -0.714. The van der Waals surface area contributed by atoms with Crippen molar-refractivity contribution < 1.29 is 14.3 Å². The van der Waals surface area contributed by atoms with Gasteiger partial charge in [0.2, 0.25) is 0 Å². The van der Waals surface area contributed by atoms with Crippen LogP contribution in [0.2, 0.25) is 0 Å². The number of nitrogens with zero attached hydrogens (tertiary/aromatic N) is 3. The van der Waals surface area contributed by atoms with E-state index in [1.54, 1.807) is 19.2 Å². The maximum absolute atomic E-state index is 14.0. The highest BCUT2D eigenvalue weighted by molar-refractivity contribution is 5.94. The van der Waals surface area contributed by atoms with Gasteiger partial charge in [-0.2, -0.15) is 5.10 Å². The van der Waals surface area contributed by atoms with Crippen LogP contribution in [0.4, 0.5) is 4.39 Å². The van der Waals surface area contributed by atoms with Gasteiger partial charge in [0.15, 0.2) is 5.65 Å². The number of halogens is 1. The second-order valence-corrected chi connectivity index (χ2v) is 9.36. The van der Waals surface area contributed by atoms with Gasteiger partial charge in [-0.1, -0.05) is 13.8 Å². The van der Waals surface area contributed by atoms with E-state index in [0.29, 0.717) is 24.1 Å². The molecule has 6 nitrogen and oxygen atoms in total. The molecule has 0 bridgehead atoms. The molecular weight excluding hydrogens is 395 g/mol. The predicted molar refractivity (Wildman–Crippen MR) is 117 cm³/mol. The maximum atomic E-state index is 14.0. The van der Waals surface area contributed by atoms with Gasteiger partial charge in [0, 0.05) is 22.3 Å². The monoisotopic (exact) mass is 420 g/mol. The van der Waals surface area contributed by atoms with Gasteiger partial charge in [-0.3, -0.25) is 9.89 Å². The van der Waals surface area contributed by atoms with Crippen LogP contribution in [0.1, 0.15) is 62.3 Å². The van der Waals surface area contributed by atoms with Crippen molar-refractivity contribution in [2.45, 2.75) is 52.4 Å². The van der Waals surface area contributed by atoms with Crippen LogP contribution >= 0.6 is 0 Å². The van der Waals surface area contributed by atoms with E-state index in [1.807, 2.05) is 13.0 Å². The van der Waals surface area contributed by atoms with Crippen LogP contribution in [-0.4, -0.2) is 30.8 Å². The van der Waals surface area contributed by atoms with E-state index in [-0.39, 0.29) is 17.7 Å². The Kier molecular flexibility index (Phi) is 4.22. The highest BCUT2D eigenvalue weighted by Crippen LogP contribution is 2.54. The fourth-order valence-electron chi connectivity index (χ4n) is 5.03. The smallest absolute Gasteiger partial charge is 0.309 e. The van der Waals surface area contributed by atoms with Crippen LogP contribution in [0, 0.1) is 18.2 Å². The number of hydrogen-bond donors (Lipinski definition) is 2. The standard InChI is InChI=1S/C24H25FN4O2/c1-12(2)21-19(15-9-24(4,10-15)23(30)31)20-18(8-14-11-26-28-22(14)27-20)29(21)16-5-6-17(25)13(3)7-16/h5-8,11-12,15H,9-10H2,1-4H3,(H,30,31)(H,26,27,28)/t15-,24-. The van der Waals surface area contributed by atoms with Crippen LogP contribution in [0.5, 0.6) is 0 Å². The van der Waals surface area contributed by atoms with Gasteiger partial charge in [-0.15, -0.1) is 0 Å². The van der Waals surface area contributed by atoms with Crippen LogP contribution in [0.3, 0.4) is 0 Å². The van der Waals surface area contributed by atoms with E-state index in [2.05, 4.69) is 34.7 Å². The third-order valence-electron chi connectivity index (χ3n) is 6.68. The molecule has 0 unspecified atom stereocenters. The second-order valence-electron chi connectivity index (χ2n) is 9.36. The Labute approximate surface area is 179 Å². The van der Waals surface area contributed by atoms with Gasteiger partial charge in [0.1, 0.15) is 5.82 Å². The number of carboxylic acid groups (broad SMARTS) is 1. The number of carboxylic acids is 1. The molecule has 7 heteroatoms. The molecule has 1 aromatic carbocycles. The summed E-state index contributed by atoms with van der Waals surface area (Å²) in [4.78, 5) is 16.6. The summed E-state index contributed by atoms with van der Waals surface area (Å²) in [7, 11) is 0. The number of aromatic nitrogens is 4. The van der Waals surface area contributed by atoms with E-state index in [4.69, 9.17) is 4.98 Å². The van der Waals surface area contributed by atoms with Gasteiger partial charge >= 0.3 is 5.97 Å². The number of hydrogen-bond acceptors (Lipinski definition) is 3. The van der Waals surface area contributed by atoms with E-state index >= 15 is 0 Å². The molecule has 160 valence electrons. The summed E-state index contributed by atoms with van der Waals surface area (Å²) in [6.07, 6.45) is 2.90. The number of rotatable bonds is 4. The minimum Gasteiger partial charge on any atom is -0.481 e. The molecular formula is C24H25FN4O2. The van der Waals surface area contributed by atoms with Crippen LogP contribution in [-0.2, 0) is 4.79 Å². The number of aryl methyl sites for hydroxylation is 1. The number of aliphatic carboxylic acids is 1. The summed E-state index contributed by atoms with van der Waals surface area (Å²) >= 11 is 0. The number of fused-ring (bicyclic) bond motifs is 2. The van der Waals surface area contributed by atoms with E-state index in [1.165, 1.54) is 6.07 Å².